The number of benzene rings is 2. The molecular formula is C25H28N6O2S. The zero-order valence-corrected chi connectivity index (χ0v) is 20.5. The van der Waals surface area contributed by atoms with Gasteiger partial charge in [0.1, 0.15) is 12.9 Å². The molecule has 8 nitrogen and oxygen atoms in total. The summed E-state index contributed by atoms with van der Waals surface area (Å²) in [6, 6.07) is 14.2. The number of rotatable bonds is 9. The number of pyridine rings is 1. The fraction of sp³-hybridized carbons (Fsp3) is 0.240. The number of aryl methyl sites for hydroxylation is 1. The minimum Gasteiger partial charge on any atom is -0.496 e. The average Bonchev–Trinajstić information content (AvgIpc) is 3.29. The summed E-state index contributed by atoms with van der Waals surface area (Å²) in [7, 11) is 5.09. The molecule has 0 unspecified atom stereocenters. The molecule has 176 valence electrons. The minimum atomic E-state index is 0.552. The van der Waals surface area contributed by atoms with E-state index in [4.69, 9.17) is 9.57 Å². The van der Waals surface area contributed by atoms with Crippen LogP contribution in [0.2, 0.25) is 0 Å². The highest BCUT2D eigenvalue weighted by Crippen LogP contribution is 2.28. The first-order valence-corrected chi connectivity index (χ1v) is 11.7. The van der Waals surface area contributed by atoms with Gasteiger partial charge in [0.15, 0.2) is 5.84 Å². The SMILES string of the molecule is CNCc1cnn(Cc2ccc(/C(=N\OC)NSc3cccc4c(C)ccnc34)c(OC)c2)c1. The van der Waals surface area contributed by atoms with Gasteiger partial charge < -0.3 is 19.6 Å². The van der Waals surface area contributed by atoms with Crippen LogP contribution in [0.5, 0.6) is 5.75 Å². The highest BCUT2D eigenvalue weighted by molar-refractivity contribution is 7.98. The van der Waals surface area contributed by atoms with E-state index in [2.05, 4.69) is 38.3 Å². The average molecular weight is 477 g/mol. The summed E-state index contributed by atoms with van der Waals surface area (Å²) in [5.74, 6) is 1.24. The summed E-state index contributed by atoms with van der Waals surface area (Å²) in [5.41, 5.74) is 5.13. The summed E-state index contributed by atoms with van der Waals surface area (Å²) in [4.78, 5) is 10.7. The molecule has 0 bridgehead atoms. The zero-order valence-electron chi connectivity index (χ0n) is 19.7. The van der Waals surface area contributed by atoms with Crippen molar-refractivity contribution in [1.82, 2.24) is 24.8 Å². The largest absolute Gasteiger partial charge is 0.496 e. The molecule has 0 fully saturated rings. The zero-order chi connectivity index (χ0) is 23.9. The lowest BCUT2D eigenvalue weighted by molar-refractivity contribution is 0.213. The van der Waals surface area contributed by atoms with E-state index in [1.807, 2.05) is 66.7 Å². The number of nitrogens with zero attached hydrogens (tertiary/aromatic N) is 4. The van der Waals surface area contributed by atoms with Crippen molar-refractivity contribution in [3.8, 4) is 5.75 Å². The highest BCUT2D eigenvalue weighted by Gasteiger charge is 2.14. The molecule has 0 saturated heterocycles. The number of nitrogens with one attached hydrogen (secondary N) is 2. The van der Waals surface area contributed by atoms with Gasteiger partial charge in [0, 0.05) is 29.9 Å². The van der Waals surface area contributed by atoms with Crippen molar-refractivity contribution >= 4 is 28.7 Å². The van der Waals surface area contributed by atoms with Crippen molar-refractivity contribution < 1.29 is 9.57 Å². The number of oxime groups is 1. The molecule has 0 atom stereocenters. The molecule has 2 N–H and O–H groups in total. The Morgan fingerprint density at radius 3 is 2.82 bits per heavy atom. The smallest absolute Gasteiger partial charge is 0.186 e. The molecule has 34 heavy (non-hydrogen) atoms. The molecule has 9 heteroatoms. The van der Waals surface area contributed by atoms with Crippen LogP contribution in [0.25, 0.3) is 10.9 Å². The predicted octanol–water partition coefficient (Wildman–Crippen LogP) is 4.12. The number of amidine groups is 1. The quantitative estimate of drug-likeness (QED) is 0.163. The maximum Gasteiger partial charge on any atom is 0.186 e. The first kappa shape index (κ1) is 23.6. The Kier molecular flexibility index (Phi) is 7.66. The topological polar surface area (TPSA) is 85.6 Å². The lowest BCUT2D eigenvalue weighted by Crippen LogP contribution is -2.19. The first-order chi connectivity index (χ1) is 16.6. The standard InChI is InChI=1S/C25H28N6O2S/c1-17-10-11-27-24-20(17)6-5-7-23(24)34-30-25(29-33-4)21-9-8-18(12-22(21)32-3)15-31-16-19(13-26-2)14-28-31/h5-12,14,16,26H,13,15H2,1-4H3,(H,29,30). The fourth-order valence-electron chi connectivity index (χ4n) is 3.69. The van der Waals surface area contributed by atoms with Crippen LogP contribution in [-0.2, 0) is 17.9 Å². The van der Waals surface area contributed by atoms with Crippen LogP contribution in [0.1, 0.15) is 22.3 Å². The second kappa shape index (κ2) is 11.0. The monoisotopic (exact) mass is 476 g/mol. The van der Waals surface area contributed by atoms with Gasteiger partial charge in [-0.25, -0.2) is 0 Å². The number of hydrogen-bond donors (Lipinski definition) is 2. The molecule has 0 aliphatic heterocycles. The van der Waals surface area contributed by atoms with Crippen LogP contribution in [0, 0.1) is 6.92 Å². The van der Waals surface area contributed by atoms with E-state index in [0.717, 1.165) is 39.0 Å². The summed E-state index contributed by atoms with van der Waals surface area (Å²) in [6.45, 7) is 3.51. The molecular weight excluding hydrogens is 448 g/mol. The summed E-state index contributed by atoms with van der Waals surface area (Å²) < 4.78 is 10.9. The van der Waals surface area contributed by atoms with Crippen LogP contribution in [0.4, 0.5) is 0 Å². The van der Waals surface area contributed by atoms with Crippen LogP contribution in [0.3, 0.4) is 0 Å². The molecule has 0 saturated carbocycles. The van der Waals surface area contributed by atoms with E-state index in [9.17, 15) is 0 Å². The van der Waals surface area contributed by atoms with Gasteiger partial charge in [-0.05, 0) is 61.3 Å². The molecule has 2 heterocycles. The highest BCUT2D eigenvalue weighted by atomic mass is 32.2. The maximum absolute atomic E-state index is 5.70. The van der Waals surface area contributed by atoms with Gasteiger partial charge in [-0.3, -0.25) is 9.67 Å². The number of hydrogen-bond acceptors (Lipinski definition) is 7. The van der Waals surface area contributed by atoms with E-state index < -0.39 is 0 Å². The number of ether oxygens (including phenoxy) is 1. The third-order valence-corrected chi connectivity index (χ3v) is 6.17. The Morgan fingerprint density at radius 1 is 1.15 bits per heavy atom. The van der Waals surface area contributed by atoms with Crippen LogP contribution in [-0.4, -0.2) is 41.9 Å². The lowest BCUT2D eigenvalue weighted by Gasteiger charge is -2.14. The van der Waals surface area contributed by atoms with Crippen LogP contribution < -0.4 is 14.8 Å². The Bertz CT molecular complexity index is 1300. The van der Waals surface area contributed by atoms with Gasteiger partial charge in [0.05, 0.1) is 35.8 Å². The third kappa shape index (κ3) is 5.32. The van der Waals surface area contributed by atoms with Gasteiger partial charge in [-0.1, -0.05) is 23.4 Å². The molecule has 4 rings (SSSR count). The molecule has 0 spiro atoms. The van der Waals surface area contributed by atoms with Crippen molar-refractivity contribution in [3.05, 3.63) is 83.3 Å². The minimum absolute atomic E-state index is 0.552. The second-order valence-corrected chi connectivity index (χ2v) is 8.57. The third-order valence-electron chi connectivity index (χ3n) is 5.33. The number of methoxy groups -OCH3 is 1. The van der Waals surface area contributed by atoms with Gasteiger partial charge in [0.2, 0.25) is 0 Å². The fourth-order valence-corrected chi connectivity index (χ4v) is 4.45. The Hall–Kier alpha value is -3.56. The normalized spacial score (nSPS) is 11.6. The van der Waals surface area contributed by atoms with Crippen molar-refractivity contribution in [2.75, 3.05) is 21.3 Å². The van der Waals surface area contributed by atoms with Crippen molar-refractivity contribution in [2.45, 2.75) is 24.9 Å². The molecule has 4 aromatic rings. The predicted molar refractivity (Wildman–Crippen MR) is 136 cm³/mol. The molecule has 0 amide bonds. The summed E-state index contributed by atoms with van der Waals surface area (Å²) in [6.07, 6.45) is 5.73. The van der Waals surface area contributed by atoms with E-state index in [1.165, 1.54) is 24.6 Å². The number of aromatic nitrogens is 3. The number of para-hydroxylation sites is 1. The van der Waals surface area contributed by atoms with Crippen molar-refractivity contribution in [1.29, 1.82) is 0 Å². The molecule has 0 aliphatic carbocycles. The Morgan fingerprint density at radius 2 is 2.03 bits per heavy atom. The summed E-state index contributed by atoms with van der Waals surface area (Å²) in [5, 5.41) is 12.9. The lowest BCUT2D eigenvalue weighted by atomic mass is 10.1. The van der Waals surface area contributed by atoms with Crippen molar-refractivity contribution in [3.63, 3.8) is 0 Å². The Balaban J connectivity index is 1.55. The second-order valence-electron chi connectivity index (χ2n) is 7.72. The first-order valence-electron chi connectivity index (χ1n) is 10.8. The maximum atomic E-state index is 5.70. The van der Waals surface area contributed by atoms with Gasteiger partial charge in [-0.2, -0.15) is 5.10 Å². The molecule has 0 radical (unpaired) electrons. The van der Waals surface area contributed by atoms with Gasteiger partial charge >= 0.3 is 0 Å². The molecule has 2 aromatic heterocycles. The summed E-state index contributed by atoms with van der Waals surface area (Å²) >= 11 is 1.44. The van der Waals surface area contributed by atoms with Gasteiger partial charge in [0.25, 0.3) is 0 Å². The van der Waals surface area contributed by atoms with E-state index in [0.29, 0.717) is 18.1 Å². The van der Waals surface area contributed by atoms with Gasteiger partial charge in [-0.15, -0.1) is 0 Å². The van der Waals surface area contributed by atoms with E-state index >= 15 is 0 Å². The molecule has 0 aliphatic rings. The van der Waals surface area contributed by atoms with Crippen LogP contribution >= 0.6 is 11.9 Å². The van der Waals surface area contributed by atoms with Crippen molar-refractivity contribution in [2.24, 2.45) is 5.16 Å². The van der Waals surface area contributed by atoms with E-state index in [1.54, 1.807) is 7.11 Å². The molecule has 2 aromatic carbocycles. The Labute approximate surface area is 203 Å². The van der Waals surface area contributed by atoms with Crippen LogP contribution in [0.15, 0.2) is 71.1 Å². The number of fused-ring (bicyclic) bond motifs is 1. The van der Waals surface area contributed by atoms with E-state index in [-0.39, 0.29) is 0 Å².